The lowest BCUT2D eigenvalue weighted by atomic mass is 10.4. The lowest BCUT2D eigenvalue weighted by Crippen LogP contribution is -2.21. The number of amides is 1. The quantitative estimate of drug-likeness (QED) is 0.506. The maximum Gasteiger partial charge on any atom is 0.433 e. The van der Waals surface area contributed by atoms with Gasteiger partial charge in [0, 0.05) is 6.20 Å². The van der Waals surface area contributed by atoms with Crippen molar-refractivity contribution in [3.8, 4) is 0 Å². The van der Waals surface area contributed by atoms with Gasteiger partial charge in [-0.1, -0.05) is 11.6 Å². The monoisotopic (exact) mass is 325 g/mol. The minimum absolute atomic E-state index is 0.235. The van der Waals surface area contributed by atoms with Crippen molar-refractivity contribution in [3.63, 3.8) is 0 Å². The molecule has 0 radical (unpaired) electrons. The summed E-state index contributed by atoms with van der Waals surface area (Å²) < 4.78 is 9.30. The van der Waals surface area contributed by atoms with Crippen LogP contribution in [0.4, 0.5) is 11.7 Å². The van der Waals surface area contributed by atoms with Gasteiger partial charge in [0.05, 0.1) is 11.1 Å². The number of anilines is 1. The summed E-state index contributed by atoms with van der Waals surface area (Å²) in [7, 11) is 0. The zero-order valence-electron chi connectivity index (χ0n) is 10.8. The van der Waals surface area contributed by atoms with E-state index in [4.69, 9.17) is 11.6 Å². The number of furan rings is 1. The zero-order valence-corrected chi connectivity index (χ0v) is 11.6. The summed E-state index contributed by atoms with van der Waals surface area (Å²) >= 11 is 5.64. The topological polar surface area (TPSA) is 125 Å². The van der Waals surface area contributed by atoms with Crippen LogP contribution in [0.1, 0.15) is 10.6 Å². The molecule has 0 bridgehead atoms. The lowest BCUT2D eigenvalue weighted by Gasteiger charge is -2.04. The molecule has 2 heterocycles. The fraction of sp³-hybridized carbons (Fsp3) is 0.0833. The van der Waals surface area contributed by atoms with Gasteiger partial charge in [-0.3, -0.25) is 14.9 Å². The molecule has 0 unspecified atom stereocenters. The van der Waals surface area contributed by atoms with Gasteiger partial charge < -0.3 is 14.5 Å². The number of nitrogens with zero attached hydrogens (tertiary/aromatic N) is 2. The first-order valence-electron chi connectivity index (χ1n) is 5.78. The highest BCUT2D eigenvalue weighted by Gasteiger charge is 2.19. The molecule has 2 rings (SSSR count). The van der Waals surface area contributed by atoms with Crippen LogP contribution in [0.25, 0.3) is 0 Å². The number of esters is 1. The van der Waals surface area contributed by atoms with Crippen LogP contribution in [-0.2, 0) is 9.53 Å². The zero-order chi connectivity index (χ0) is 16.1. The second-order valence-corrected chi connectivity index (χ2v) is 4.32. The van der Waals surface area contributed by atoms with Crippen molar-refractivity contribution in [2.75, 3.05) is 11.9 Å². The summed E-state index contributed by atoms with van der Waals surface area (Å²) in [6, 6.07) is 5.09. The molecule has 22 heavy (non-hydrogen) atoms. The van der Waals surface area contributed by atoms with E-state index in [2.05, 4.69) is 19.5 Å². The maximum atomic E-state index is 11.5. The number of hydrogen-bond acceptors (Lipinski definition) is 7. The maximum absolute atomic E-state index is 11.5. The van der Waals surface area contributed by atoms with Gasteiger partial charge in [0.1, 0.15) is 10.7 Å². The SMILES string of the molecule is O=C(COC(=O)c1ccc([N+](=O)[O-])o1)Nc1ccc(Cl)cn1. The van der Waals surface area contributed by atoms with E-state index in [0.29, 0.717) is 5.02 Å². The van der Waals surface area contributed by atoms with Gasteiger partial charge in [-0.15, -0.1) is 0 Å². The third-order valence-electron chi connectivity index (χ3n) is 2.30. The molecular formula is C12H8ClN3O6. The summed E-state index contributed by atoms with van der Waals surface area (Å²) in [6.45, 7) is -0.600. The number of halogens is 1. The molecule has 0 fully saturated rings. The van der Waals surface area contributed by atoms with Crippen molar-refractivity contribution < 1.29 is 23.7 Å². The van der Waals surface area contributed by atoms with Crippen molar-refractivity contribution in [2.24, 2.45) is 0 Å². The summed E-state index contributed by atoms with van der Waals surface area (Å²) in [6.07, 6.45) is 1.34. The Labute approximate surface area is 128 Å². The van der Waals surface area contributed by atoms with E-state index in [1.54, 1.807) is 0 Å². The number of pyridine rings is 1. The van der Waals surface area contributed by atoms with Crippen molar-refractivity contribution in [1.29, 1.82) is 0 Å². The van der Waals surface area contributed by atoms with Gasteiger partial charge in [-0.2, -0.15) is 0 Å². The Balaban J connectivity index is 1.86. The van der Waals surface area contributed by atoms with Gasteiger partial charge in [-0.25, -0.2) is 9.78 Å². The van der Waals surface area contributed by atoms with Gasteiger partial charge in [-0.05, 0) is 18.2 Å². The highest BCUT2D eigenvalue weighted by molar-refractivity contribution is 6.30. The summed E-state index contributed by atoms with van der Waals surface area (Å²) in [5.74, 6) is -2.36. The first-order chi connectivity index (χ1) is 10.5. The molecule has 0 aliphatic carbocycles. The molecule has 0 aliphatic rings. The molecule has 0 aliphatic heterocycles. The molecule has 114 valence electrons. The Morgan fingerprint density at radius 2 is 2.14 bits per heavy atom. The third-order valence-corrected chi connectivity index (χ3v) is 2.53. The van der Waals surface area contributed by atoms with Crippen LogP contribution >= 0.6 is 11.6 Å². The minimum atomic E-state index is -0.993. The highest BCUT2D eigenvalue weighted by Crippen LogP contribution is 2.16. The Hall–Kier alpha value is -2.94. The normalized spacial score (nSPS) is 10.0. The number of carbonyl (C=O) groups excluding carboxylic acids is 2. The minimum Gasteiger partial charge on any atom is -0.450 e. The number of nitro groups is 1. The summed E-state index contributed by atoms with van der Waals surface area (Å²) in [5, 5.41) is 13.2. The van der Waals surface area contributed by atoms with Crippen LogP contribution < -0.4 is 5.32 Å². The average molecular weight is 326 g/mol. The molecule has 0 aromatic carbocycles. The van der Waals surface area contributed by atoms with Crippen LogP contribution in [0.2, 0.25) is 5.02 Å². The molecule has 1 N–H and O–H groups in total. The molecular weight excluding hydrogens is 318 g/mol. The largest absolute Gasteiger partial charge is 0.450 e. The molecule has 10 heteroatoms. The predicted molar refractivity (Wildman–Crippen MR) is 73.5 cm³/mol. The lowest BCUT2D eigenvalue weighted by molar-refractivity contribution is -0.402. The van der Waals surface area contributed by atoms with E-state index in [1.807, 2.05) is 0 Å². The second kappa shape index (κ2) is 6.68. The van der Waals surface area contributed by atoms with Crippen molar-refractivity contribution in [3.05, 3.63) is 51.4 Å². The highest BCUT2D eigenvalue weighted by atomic mass is 35.5. The van der Waals surface area contributed by atoms with Crippen LogP contribution in [0.15, 0.2) is 34.9 Å². The van der Waals surface area contributed by atoms with Gasteiger partial charge in [0.15, 0.2) is 6.61 Å². The van der Waals surface area contributed by atoms with Gasteiger partial charge in [0.25, 0.3) is 5.91 Å². The van der Waals surface area contributed by atoms with E-state index >= 15 is 0 Å². The van der Waals surface area contributed by atoms with E-state index in [1.165, 1.54) is 18.3 Å². The van der Waals surface area contributed by atoms with Crippen molar-refractivity contribution in [1.82, 2.24) is 4.98 Å². The second-order valence-electron chi connectivity index (χ2n) is 3.88. The average Bonchev–Trinajstić information content (AvgIpc) is 2.97. The Bertz CT molecular complexity index is 712. The molecule has 0 saturated carbocycles. The van der Waals surface area contributed by atoms with Gasteiger partial charge >= 0.3 is 11.9 Å². The molecule has 0 atom stereocenters. The van der Waals surface area contributed by atoms with Crippen LogP contribution in [0, 0.1) is 10.1 Å². The third kappa shape index (κ3) is 4.03. The van der Waals surface area contributed by atoms with Crippen LogP contribution in [0.3, 0.4) is 0 Å². The first-order valence-corrected chi connectivity index (χ1v) is 6.16. The molecule has 2 aromatic heterocycles. The van der Waals surface area contributed by atoms with Gasteiger partial charge in [0.2, 0.25) is 5.76 Å². The number of carbonyl (C=O) groups is 2. The van der Waals surface area contributed by atoms with Crippen LogP contribution in [0.5, 0.6) is 0 Å². The predicted octanol–water partition coefficient (Wildman–Crippen LogP) is 2.03. The number of ether oxygens (including phenoxy) is 1. The van der Waals surface area contributed by atoms with E-state index in [9.17, 15) is 19.7 Å². The van der Waals surface area contributed by atoms with Crippen molar-refractivity contribution >= 4 is 35.2 Å². The van der Waals surface area contributed by atoms with Crippen molar-refractivity contribution in [2.45, 2.75) is 0 Å². The molecule has 2 aromatic rings. The molecule has 0 saturated heterocycles. The first kappa shape index (κ1) is 15.4. The summed E-state index contributed by atoms with van der Waals surface area (Å²) in [4.78, 5) is 36.5. The summed E-state index contributed by atoms with van der Waals surface area (Å²) in [5.41, 5.74) is 0. The number of hydrogen-bond donors (Lipinski definition) is 1. The van der Waals surface area contributed by atoms with Crippen LogP contribution in [-0.4, -0.2) is 28.4 Å². The molecule has 9 nitrogen and oxygen atoms in total. The Kier molecular flexibility index (Phi) is 4.69. The Morgan fingerprint density at radius 1 is 1.36 bits per heavy atom. The van der Waals surface area contributed by atoms with E-state index < -0.39 is 29.3 Å². The number of aromatic nitrogens is 1. The fourth-order valence-corrected chi connectivity index (χ4v) is 1.48. The number of rotatable bonds is 5. The van der Waals surface area contributed by atoms with E-state index in [-0.39, 0.29) is 11.6 Å². The fourth-order valence-electron chi connectivity index (χ4n) is 1.37. The molecule has 0 spiro atoms. The smallest absolute Gasteiger partial charge is 0.433 e. The standard InChI is InChI=1S/C12H8ClN3O6/c13-7-1-3-9(14-5-7)15-10(17)6-21-12(18)8-2-4-11(22-8)16(19)20/h1-5H,6H2,(H,14,15,17). The number of nitrogens with one attached hydrogen (secondary N) is 1. The molecule has 1 amide bonds. The van der Waals surface area contributed by atoms with E-state index in [0.717, 1.165) is 12.1 Å². The Morgan fingerprint density at radius 3 is 2.73 bits per heavy atom.